The van der Waals surface area contributed by atoms with E-state index in [2.05, 4.69) is 22.3 Å². The first kappa shape index (κ1) is 23.6. The van der Waals surface area contributed by atoms with Gasteiger partial charge in [0, 0.05) is 43.8 Å². The Labute approximate surface area is 196 Å². The second-order valence-electron chi connectivity index (χ2n) is 8.88. The maximum Gasteiger partial charge on any atom is 0.223 e. The summed E-state index contributed by atoms with van der Waals surface area (Å²) in [7, 11) is -1.70. The molecule has 2 aromatic carbocycles. The van der Waals surface area contributed by atoms with Gasteiger partial charge in [0.1, 0.15) is 5.75 Å². The lowest BCUT2D eigenvalue weighted by Crippen LogP contribution is -2.48. The van der Waals surface area contributed by atoms with Crippen molar-refractivity contribution in [2.75, 3.05) is 38.2 Å². The summed E-state index contributed by atoms with van der Waals surface area (Å²) in [5, 5.41) is 3.22. The van der Waals surface area contributed by atoms with Gasteiger partial charge in [0.2, 0.25) is 15.9 Å². The number of hydrogen-bond acceptors (Lipinski definition) is 5. The SMILES string of the molecule is COc1ccc(N2CCC(NC(=O)C3CCN(S(=O)(=O)Cc4ccccc4)CC3)CC2)cc1. The maximum absolute atomic E-state index is 12.8. The van der Waals surface area contributed by atoms with Gasteiger partial charge in [-0.2, -0.15) is 0 Å². The van der Waals surface area contributed by atoms with Gasteiger partial charge < -0.3 is 15.0 Å². The molecule has 0 atom stereocenters. The Balaban J connectivity index is 1.22. The van der Waals surface area contributed by atoms with Crippen LogP contribution in [0, 0.1) is 5.92 Å². The Morgan fingerprint density at radius 1 is 0.939 bits per heavy atom. The number of nitrogens with one attached hydrogen (secondary N) is 1. The minimum atomic E-state index is -3.36. The van der Waals surface area contributed by atoms with Gasteiger partial charge in [-0.05, 0) is 55.5 Å². The van der Waals surface area contributed by atoms with Crippen molar-refractivity contribution in [2.24, 2.45) is 5.92 Å². The fourth-order valence-corrected chi connectivity index (χ4v) is 6.23. The first-order chi connectivity index (χ1) is 15.9. The lowest BCUT2D eigenvalue weighted by atomic mass is 9.95. The summed E-state index contributed by atoms with van der Waals surface area (Å²) in [5.74, 6) is 0.808. The van der Waals surface area contributed by atoms with E-state index in [4.69, 9.17) is 4.74 Å². The third-order valence-electron chi connectivity index (χ3n) is 6.69. The molecule has 0 bridgehead atoms. The monoisotopic (exact) mass is 471 g/mol. The zero-order valence-corrected chi connectivity index (χ0v) is 20.0. The topological polar surface area (TPSA) is 79.0 Å². The molecule has 0 radical (unpaired) electrons. The Kier molecular flexibility index (Phi) is 7.55. The van der Waals surface area contributed by atoms with Crippen LogP contribution in [0.15, 0.2) is 54.6 Å². The van der Waals surface area contributed by atoms with E-state index in [1.165, 1.54) is 9.99 Å². The molecule has 7 nitrogen and oxygen atoms in total. The molecular weight excluding hydrogens is 438 g/mol. The van der Waals surface area contributed by atoms with Crippen molar-refractivity contribution in [1.82, 2.24) is 9.62 Å². The Bertz CT molecular complexity index is 1010. The molecule has 0 saturated carbocycles. The molecule has 178 valence electrons. The second-order valence-corrected chi connectivity index (χ2v) is 10.9. The number of hydrogen-bond donors (Lipinski definition) is 1. The fraction of sp³-hybridized carbons (Fsp3) is 0.480. The predicted octanol–water partition coefficient (Wildman–Crippen LogP) is 3.02. The molecule has 0 unspecified atom stereocenters. The first-order valence-electron chi connectivity index (χ1n) is 11.7. The van der Waals surface area contributed by atoms with Gasteiger partial charge in [0.05, 0.1) is 12.9 Å². The fourth-order valence-electron chi connectivity index (χ4n) is 4.67. The van der Waals surface area contributed by atoms with Crippen LogP contribution in [0.4, 0.5) is 5.69 Å². The van der Waals surface area contributed by atoms with Crippen molar-refractivity contribution >= 4 is 21.6 Å². The quantitative estimate of drug-likeness (QED) is 0.672. The number of methoxy groups -OCH3 is 1. The molecule has 0 aromatic heterocycles. The number of nitrogens with zero attached hydrogens (tertiary/aromatic N) is 2. The van der Waals surface area contributed by atoms with E-state index in [-0.39, 0.29) is 23.6 Å². The summed E-state index contributed by atoms with van der Waals surface area (Å²) in [6, 6.07) is 17.5. The molecule has 2 aliphatic heterocycles. The third kappa shape index (κ3) is 6.06. The molecule has 2 saturated heterocycles. The van der Waals surface area contributed by atoms with E-state index in [1.807, 2.05) is 42.5 Å². The molecule has 8 heteroatoms. The van der Waals surface area contributed by atoms with Crippen LogP contribution in [0.3, 0.4) is 0 Å². The number of carbonyl (C=O) groups excluding carboxylic acids is 1. The highest BCUT2D eigenvalue weighted by molar-refractivity contribution is 7.88. The average molecular weight is 472 g/mol. The highest BCUT2D eigenvalue weighted by atomic mass is 32.2. The largest absolute Gasteiger partial charge is 0.497 e. The normalized spacial score (nSPS) is 18.8. The molecule has 1 N–H and O–H groups in total. The van der Waals surface area contributed by atoms with Crippen molar-refractivity contribution < 1.29 is 17.9 Å². The summed E-state index contributed by atoms with van der Waals surface area (Å²) in [6.07, 6.45) is 2.96. The van der Waals surface area contributed by atoms with E-state index in [1.54, 1.807) is 7.11 Å². The minimum absolute atomic E-state index is 0.0114. The molecule has 2 aliphatic rings. The smallest absolute Gasteiger partial charge is 0.223 e. The number of carbonyl (C=O) groups is 1. The van der Waals surface area contributed by atoms with Crippen molar-refractivity contribution in [3.63, 3.8) is 0 Å². The van der Waals surface area contributed by atoms with Crippen LogP contribution in [0.1, 0.15) is 31.2 Å². The number of benzene rings is 2. The average Bonchev–Trinajstić information content (AvgIpc) is 2.85. The number of sulfonamides is 1. The molecule has 2 fully saturated rings. The van der Waals surface area contributed by atoms with Crippen molar-refractivity contribution in [3.8, 4) is 5.75 Å². The third-order valence-corrected chi connectivity index (χ3v) is 8.54. The van der Waals surface area contributed by atoms with Gasteiger partial charge >= 0.3 is 0 Å². The van der Waals surface area contributed by atoms with Crippen LogP contribution in [-0.4, -0.2) is 58.0 Å². The van der Waals surface area contributed by atoms with Crippen LogP contribution in [0.5, 0.6) is 5.75 Å². The number of ether oxygens (including phenoxy) is 1. The minimum Gasteiger partial charge on any atom is -0.497 e. The Morgan fingerprint density at radius 3 is 2.18 bits per heavy atom. The van der Waals surface area contributed by atoms with Gasteiger partial charge in [-0.25, -0.2) is 12.7 Å². The van der Waals surface area contributed by atoms with Gasteiger partial charge in [0.15, 0.2) is 0 Å². The van der Waals surface area contributed by atoms with Gasteiger partial charge in [0.25, 0.3) is 0 Å². The van der Waals surface area contributed by atoms with Crippen LogP contribution in [0.2, 0.25) is 0 Å². The van der Waals surface area contributed by atoms with Crippen LogP contribution in [0.25, 0.3) is 0 Å². The molecule has 0 spiro atoms. The summed E-state index contributed by atoms with van der Waals surface area (Å²) in [5.41, 5.74) is 1.96. The zero-order chi connectivity index (χ0) is 23.3. The number of anilines is 1. The van der Waals surface area contributed by atoms with Crippen LogP contribution >= 0.6 is 0 Å². The number of amides is 1. The highest BCUT2D eigenvalue weighted by Gasteiger charge is 2.32. The maximum atomic E-state index is 12.8. The van der Waals surface area contributed by atoms with E-state index in [0.717, 1.165) is 37.2 Å². The zero-order valence-electron chi connectivity index (χ0n) is 19.2. The van der Waals surface area contributed by atoms with Crippen molar-refractivity contribution in [3.05, 3.63) is 60.2 Å². The first-order valence-corrected chi connectivity index (χ1v) is 13.3. The number of piperidine rings is 2. The van der Waals surface area contributed by atoms with Gasteiger partial charge in [-0.15, -0.1) is 0 Å². The Morgan fingerprint density at radius 2 is 1.58 bits per heavy atom. The van der Waals surface area contributed by atoms with Crippen molar-refractivity contribution in [2.45, 2.75) is 37.5 Å². The van der Waals surface area contributed by atoms with Gasteiger partial charge in [-0.3, -0.25) is 4.79 Å². The summed E-state index contributed by atoms with van der Waals surface area (Å²) < 4.78 is 32.3. The number of rotatable bonds is 7. The summed E-state index contributed by atoms with van der Waals surface area (Å²) in [6.45, 7) is 2.60. The summed E-state index contributed by atoms with van der Waals surface area (Å²) in [4.78, 5) is 15.2. The van der Waals surface area contributed by atoms with E-state index in [0.29, 0.717) is 25.9 Å². The lowest BCUT2D eigenvalue weighted by Gasteiger charge is -2.35. The van der Waals surface area contributed by atoms with E-state index in [9.17, 15) is 13.2 Å². The predicted molar refractivity (Wildman–Crippen MR) is 130 cm³/mol. The van der Waals surface area contributed by atoms with Crippen molar-refractivity contribution in [1.29, 1.82) is 0 Å². The van der Waals surface area contributed by atoms with E-state index >= 15 is 0 Å². The highest BCUT2D eigenvalue weighted by Crippen LogP contribution is 2.25. The molecule has 4 rings (SSSR count). The van der Waals surface area contributed by atoms with Crippen LogP contribution in [-0.2, 0) is 20.6 Å². The Hall–Kier alpha value is -2.58. The molecule has 2 aromatic rings. The molecular formula is C25H33N3O4S. The van der Waals surface area contributed by atoms with E-state index < -0.39 is 10.0 Å². The summed E-state index contributed by atoms with van der Waals surface area (Å²) >= 11 is 0. The molecule has 0 aliphatic carbocycles. The molecule has 33 heavy (non-hydrogen) atoms. The second kappa shape index (κ2) is 10.6. The molecule has 2 heterocycles. The van der Waals surface area contributed by atoms with Crippen LogP contribution < -0.4 is 15.0 Å². The standard InChI is InChI=1S/C25H33N3O4S/c1-32-24-9-7-23(8-10-24)27-15-13-22(14-16-27)26-25(29)21-11-17-28(18-12-21)33(30,31)19-20-5-3-2-4-6-20/h2-10,21-22H,11-19H2,1H3,(H,26,29). The van der Waals surface area contributed by atoms with Gasteiger partial charge in [-0.1, -0.05) is 30.3 Å². The lowest BCUT2D eigenvalue weighted by molar-refractivity contribution is -0.127. The molecule has 1 amide bonds.